The lowest BCUT2D eigenvalue weighted by Gasteiger charge is -2.38. The van der Waals surface area contributed by atoms with E-state index in [4.69, 9.17) is 23.7 Å². The van der Waals surface area contributed by atoms with Gasteiger partial charge < -0.3 is 44.5 Å². The summed E-state index contributed by atoms with van der Waals surface area (Å²) in [5.41, 5.74) is -1.68. The Balaban J connectivity index is 1.76. The van der Waals surface area contributed by atoms with E-state index in [2.05, 4.69) is 10.6 Å². The lowest BCUT2D eigenvalue weighted by Crippen LogP contribution is -2.46. The Labute approximate surface area is 373 Å². The number of ether oxygens (including phenoxy) is 5. The van der Waals surface area contributed by atoms with E-state index in [1.54, 1.807) is 84.9 Å². The highest BCUT2D eigenvalue weighted by molar-refractivity contribution is 6.33. The van der Waals surface area contributed by atoms with E-state index in [1.165, 1.54) is 53.2 Å². The lowest BCUT2D eigenvalue weighted by molar-refractivity contribution is -0.160. The second kappa shape index (κ2) is 19.1. The van der Waals surface area contributed by atoms with Crippen molar-refractivity contribution in [3.63, 3.8) is 0 Å². The average molecular weight is 885 g/mol. The molecular formula is C49H60N2O13. The summed E-state index contributed by atoms with van der Waals surface area (Å²) in [5.74, 6) is -10.1. The number of Topliss-reactive ketones (excluding diaryl/α,β-unsaturated/α-hetero) is 3. The van der Waals surface area contributed by atoms with Crippen molar-refractivity contribution in [2.24, 2.45) is 29.1 Å². The third kappa shape index (κ3) is 9.76. The van der Waals surface area contributed by atoms with Gasteiger partial charge in [0.25, 0.3) is 11.7 Å². The zero-order chi connectivity index (χ0) is 47.7. The van der Waals surface area contributed by atoms with Crippen LogP contribution in [0.3, 0.4) is 0 Å². The predicted octanol–water partition coefficient (Wildman–Crippen LogP) is 6.62. The van der Waals surface area contributed by atoms with E-state index in [1.807, 2.05) is 6.92 Å². The highest BCUT2D eigenvalue weighted by Gasteiger charge is 2.53. The van der Waals surface area contributed by atoms with Crippen LogP contribution in [0.4, 0.5) is 5.69 Å². The molecule has 0 radical (unpaired) electrons. The van der Waals surface area contributed by atoms with E-state index in [0.29, 0.717) is 5.69 Å². The molecule has 15 heteroatoms. The molecular weight excluding hydrogens is 825 g/mol. The van der Waals surface area contributed by atoms with Crippen LogP contribution >= 0.6 is 0 Å². The van der Waals surface area contributed by atoms with Gasteiger partial charge in [0, 0.05) is 61.5 Å². The highest BCUT2D eigenvalue weighted by Crippen LogP contribution is 2.49. The van der Waals surface area contributed by atoms with Crippen LogP contribution in [0.15, 0.2) is 71.8 Å². The number of carbonyl (C=O) groups excluding carboxylic acids is 6. The number of benzene rings is 2. The van der Waals surface area contributed by atoms with Gasteiger partial charge in [-0.2, -0.15) is 0 Å². The Morgan fingerprint density at radius 3 is 2.09 bits per heavy atom. The molecule has 344 valence electrons. The number of hydrogen-bond acceptors (Lipinski definition) is 14. The van der Waals surface area contributed by atoms with E-state index < -0.39 is 111 Å². The normalized spacial score (nSPS) is 29.8. The molecule has 3 heterocycles. The standard InChI is InChI=1S/C49H60N2O13/c1-23-17-19-31(20-18-23)50-36-37-41(56)34-33(40(36)55)35-44(29(7)43(34)63-47(59)48(9,10)11)64-49(12,45(35)57)61-22-21-32(60-13)26(4)42(62-30(8)52)28(6)39(54)27(5)38(53)24(2)15-14-16-25(3)46(58)51-37/h14-22,24,26-28,32,38-39,42,50,53-54H,1-13H3,(H,51,58)/b15-14-,22-21-,25-16-/t24-,26+,27+,28-,32-,38-,39-,42+,49-/m0/s1. The van der Waals surface area contributed by atoms with Crippen LogP contribution in [0.2, 0.25) is 0 Å². The lowest BCUT2D eigenvalue weighted by atomic mass is 9.78. The van der Waals surface area contributed by atoms with Gasteiger partial charge in [-0.1, -0.05) is 63.6 Å². The Morgan fingerprint density at radius 2 is 1.50 bits per heavy atom. The second-order valence-electron chi connectivity index (χ2n) is 18.2. The molecule has 2 aromatic rings. The number of rotatable bonds is 5. The van der Waals surface area contributed by atoms with Gasteiger partial charge in [-0.05, 0) is 59.8 Å². The number of nitrogens with one attached hydrogen (secondary N) is 2. The molecule has 0 spiro atoms. The van der Waals surface area contributed by atoms with Crippen LogP contribution in [0.5, 0.6) is 11.5 Å². The summed E-state index contributed by atoms with van der Waals surface area (Å²) in [5, 5.41) is 28.6. The fourth-order valence-corrected chi connectivity index (χ4v) is 7.95. The molecule has 6 rings (SSSR count). The van der Waals surface area contributed by atoms with Gasteiger partial charge in [0.2, 0.25) is 11.6 Å². The number of fused-ring (bicyclic) bond motifs is 14. The maximum atomic E-state index is 15.1. The number of allylic oxidation sites excluding steroid dienone is 4. The number of carbonyl (C=O) groups is 6. The SMILES string of the molecule is CO[C@H]1/C=C\O[C@@]2(C)Oc3c(C)c(OC(=O)C(C)(C)C)c4c(c3C2=O)C(=O)C(Nc2ccc(C)cc2)=C(NC(=O)/C(C)=C\C=C/[C@H](C)[C@H](O)[C@@H](C)[C@H](O)[C@H](C)[C@H](OC(C)=O)[C@@H]1C)C4=O. The second-order valence-corrected chi connectivity index (χ2v) is 18.2. The molecule has 3 aliphatic heterocycles. The fraction of sp³-hybridized carbons (Fsp3) is 0.469. The first-order valence-electron chi connectivity index (χ1n) is 21.3. The highest BCUT2D eigenvalue weighted by atomic mass is 16.7. The van der Waals surface area contributed by atoms with Crippen molar-refractivity contribution >= 4 is 40.9 Å². The number of ketones is 3. The summed E-state index contributed by atoms with van der Waals surface area (Å²) >= 11 is 0. The summed E-state index contributed by atoms with van der Waals surface area (Å²) in [4.78, 5) is 84.8. The van der Waals surface area contributed by atoms with E-state index in [-0.39, 0.29) is 33.9 Å². The molecule has 1 aliphatic carbocycles. The number of aliphatic hydroxyl groups is 2. The minimum absolute atomic E-state index is 0.0372. The topological polar surface area (TPSA) is 213 Å². The van der Waals surface area contributed by atoms with Gasteiger partial charge in [-0.3, -0.25) is 28.8 Å². The molecule has 15 nitrogen and oxygen atoms in total. The smallest absolute Gasteiger partial charge is 0.316 e. The van der Waals surface area contributed by atoms with Crippen LogP contribution in [-0.4, -0.2) is 82.7 Å². The third-order valence-electron chi connectivity index (χ3n) is 12.1. The molecule has 0 aromatic heterocycles. The quantitative estimate of drug-likeness (QED) is 0.184. The first kappa shape index (κ1) is 49.1. The van der Waals surface area contributed by atoms with Crippen molar-refractivity contribution < 1.29 is 62.7 Å². The molecule has 4 N–H and O–H groups in total. The summed E-state index contributed by atoms with van der Waals surface area (Å²) in [6, 6.07) is 6.89. The van der Waals surface area contributed by atoms with Gasteiger partial charge in [0.15, 0.2) is 0 Å². The van der Waals surface area contributed by atoms with Crippen molar-refractivity contribution in [3.05, 3.63) is 99.6 Å². The summed E-state index contributed by atoms with van der Waals surface area (Å²) in [6.45, 7) is 19.0. The molecule has 0 fully saturated rings. The Bertz CT molecular complexity index is 2350. The number of anilines is 1. The Kier molecular flexibility index (Phi) is 14.6. The van der Waals surface area contributed by atoms with Crippen LogP contribution in [0.25, 0.3) is 0 Å². The Morgan fingerprint density at radius 1 is 0.859 bits per heavy atom. The van der Waals surface area contributed by atoms with Gasteiger partial charge in [0.1, 0.15) is 29.0 Å². The zero-order valence-electron chi connectivity index (χ0n) is 38.7. The molecule has 1 amide bonds. The molecule has 2 aromatic carbocycles. The molecule has 5 bridgehead atoms. The van der Waals surface area contributed by atoms with Crippen molar-refractivity contribution in [3.8, 4) is 11.5 Å². The molecule has 64 heavy (non-hydrogen) atoms. The minimum atomic E-state index is -2.15. The molecule has 0 saturated carbocycles. The van der Waals surface area contributed by atoms with E-state index >= 15 is 9.59 Å². The number of amides is 1. The first-order chi connectivity index (χ1) is 29.8. The predicted molar refractivity (Wildman–Crippen MR) is 236 cm³/mol. The number of aliphatic hydroxyl groups excluding tert-OH is 2. The monoisotopic (exact) mass is 884 g/mol. The van der Waals surface area contributed by atoms with E-state index in [9.17, 15) is 29.4 Å². The van der Waals surface area contributed by atoms with Crippen molar-refractivity contribution in [1.82, 2.24) is 5.32 Å². The largest absolute Gasteiger partial charge is 0.462 e. The van der Waals surface area contributed by atoms with Gasteiger partial charge in [-0.25, -0.2) is 0 Å². The van der Waals surface area contributed by atoms with Crippen LogP contribution < -0.4 is 20.1 Å². The number of esters is 2. The molecule has 0 saturated heterocycles. The summed E-state index contributed by atoms with van der Waals surface area (Å²) < 4.78 is 29.8. The Hall–Kier alpha value is -5.90. The minimum Gasteiger partial charge on any atom is -0.462 e. The summed E-state index contributed by atoms with van der Waals surface area (Å²) in [7, 11) is 1.42. The maximum Gasteiger partial charge on any atom is 0.316 e. The van der Waals surface area contributed by atoms with Gasteiger partial charge in [-0.15, -0.1) is 0 Å². The van der Waals surface area contributed by atoms with Crippen molar-refractivity contribution in [1.29, 1.82) is 0 Å². The van der Waals surface area contributed by atoms with E-state index in [0.717, 1.165) is 5.56 Å². The number of hydrogen-bond donors (Lipinski definition) is 4. The zero-order valence-corrected chi connectivity index (χ0v) is 38.7. The van der Waals surface area contributed by atoms with Crippen LogP contribution in [0.1, 0.15) is 111 Å². The van der Waals surface area contributed by atoms with Crippen LogP contribution in [-0.2, 0) is 28.6 Å². The average Bonchev–Trinajstić information content (AvgIpc) is 3.50. The number of methoxy groups -OCH3 is 1. The summed E-state index contributed by atoms with van der Waals surface area (Å²) in [6.07, 6.45) is 3.26. The fourth-order valence-electron chi connectivity index (χ4n) is 7.95. The number of aryl methyl sites for hydroxylation is 1. The van der Waals surface area contributed by atoms with Crippen molar-refractivity contribution in [2.75, 3.05) is 12.4 Å². The molecule has 4 aliphatic rings. The van der Waals surface area contributed by atoms with Gasteiger partial charge in [0.05, 0.1) is 46.7 Å². The molecule has 9 atom stereocenters. The maximum absolute atomic E-state index is 15.1. The van der Waals surface area contributed by atoms with Crippen LogP contribution in [0, 0.1) is 42.9 Å². The van der Waals surface area contributed by atoms with Gasteiger partial charge >= 0.3 is 17.7 Å². The first-order valence-corrected chi connectivity index (χ1v) is 21.3. The molecule has 0 unspecified atom stereocenters. The third-order valence-corrected chi connectivity index (χ3v) is 12.1. The van der Waals surface area contributed by atoms with Crippen molar-refractivity contribution in [2.45, 2.75) is 113 Å².